The Morgan fingerprint density at radius 3 is 2.66 bits per heavy atom. The fourth-order valence-electron chi connectivity index (χ4n) is 2.67. The third kappa shape index (κ3) is 5.31. The van der Waals surface area contributed by atoms with Crippen molar-refractivity contribution in [1.29, 1.82) is 0 Å². The van der Waals surface area contributed by atoms with Crippen molar-refractivity contribution in [1.82, 2.24) is 0 Å². The van der Waals surface area contributed by atoms with Gasteiger partial charge in [-0.2, -0.15) is 0 Å². The minimum absolute atomic E-state index is 0.0191. The van der Waals surface area contributed by atoms with Crippen molar-refractivity contribution in [2.45, 2.75) is 17.7 Å². The molecule has 0 aliphatic carbocycles. The Kier molecular flexibility index (Phi) is 7.16. The lowest BCUT2D eigenvalue weighted by molar-refractivity contribution is -0.110. The normalized spacial score (nSPS) is 11.4. The summed E-state index contributed by atoms with van der Waals surface area (Å²) >= 11 is 2.16. The number of carbonyl (C=O) groups excluding carboxylic acids is 2. The van der Waals surface area contributed by atoms with E-state index in [9.17, 15) is 19.5 Å². The minimum atomic E-state index is -0.203. The molecule has 0 fully saturated rings. The summed E-state index contributed by atoms with van der Waals surface area (Å²) in [5.41, 5.74) is 0.768. The largest absolute Gasteiger partial charge is 0.506 e. The maximum Gasteiger partial charge on any atom is 0.243 e. The zero-order valence-electron chi connectivity index (χ0n) is 15.4. The van der Waals surface area contributed by atoms with Crippen molar-refractivity contribution >= 4 is 50.7 Å². The fourth-order valence-corrected chi connectivity index (χ4v) is 4.41. The summed E-state index contributed by atoms with van der Waals surface area (Å²) in [7, 11) is 0. The van der Waals surface area contributed by atoms with Gasteiger partial charge < -0.3 is 5.11 Å². The Labute approximate surface area is 176 Å². The monoisotopic (exact) mass is 422 g/mol. The molecule has 0 amide bonds. The molecule has 0 bridgehead atoms. The topological polar surface area (TPSA) is 71.4 Å². The van der Waals surface area contributed by atoms with Crippen molar-refractivity contribution in [2.24, 2.45) is 0 Å². The van der Waals surface area contributed by atoms with E-state index in [0.717, 1.165) is 34.1 Å². The number of aromatic hydroxyl groups is 1. The Bertz CT molecular complexity index is 1160. The molecule has 0 saturated carbocycles. The van der Waals surface area contributed by atoms with E-state index in [1.807, 2.05) is 18.2 Å². The van der Waals surface area contributed by atoms with Crippen LogP contribution in [0.1, 0.15) is 28.8 Å². The Morgan fingerprint density at radius 2 is 1.83 bits per heavy atom. The SMILES string of the molecule is O=Cc1ccccc1SC(=O)CCC=CC=Cc1c(O)c2ccccc2sc1=O. The van der Waals surface area contributed by atoms with Crippen LogP contribution < -0.4 is 4.74 Å². The van der Waals surface area contributed by atoms with Crippen LogP contribution in [0, 0.1) is 0 Å². The van der Waals surface area contributed by atoms with Crippen molar-refractivity contribution in [3.8, 4) is 5.75 Å². The summed E-state index contributed by atoms with van der Waals surface area (Å²) in [5, 5.41) is 11.0. The maximum atomic E-state index is 12.2. The van der Waals surface area contributed by atoms with Crippen molar-refractivity contribution in [3.63, 3.8) is 0 Å². The molecule has 4 nitrogen and oxygen atoms in total. The fraction of sp³-hybridized carbons (Fsp3) is 0.0870. The number of fused-ring (bicyclic) bond motifs is 1. The van der Waals surface area contributed by atoms with Crippen LogP contribution >= 0.6 is 23.1 Å². The van der Waals surface area contributed by atoms with E-state index in [-0.39, 0.29) is 21.2 Å². The smallest absolute Gasteiger partial charge is 0.243 e. The number of hydrogen-bond donors (Lipinski definition) is 1. The van der Waals surface area contributed by atoms with Gasteiger partial charge in [-0.05, 0) is 30.7 Å². The summed E-state index contributed by atoms with van der Waals surface area (Å²) in [4.78, 5) is 35.9. The molecule has 3 aromatic rings. The highest BCUT2D eigenvalue weighted by Gasteiger charge is 2.09. The molecule has 6 heteroatoms. The van der Waals surface area contributed by atoms with Crippen LogP contribution in [-0.2, 0) is 4.79 Å². The zero-order chi connectivity index (χ0) is 20.6. The van der Waals surface area contributed by atoms with E-state index >= 15 is 0 Å². The van der Waals surface area contributed by atoms with Crippen molar-refractivity contribution < 1.29 is 14.7 Å². The molecule has 1 N–H and O–H groups in total. The van der Waals surface area contributed by atoms with E-state index in [2.05, 4.69) is 0 Å². The molecular weight excluding hydrogens is 404 g/mol. The van der Waals surface area contributed by atoms with Gasteiger partial charge in [-0.3, -0.25) is 14.4 Å². The lowest BCUT2D eigenvalue weighted by Crippen LogP contribution is -1.99. The zero-order valence-corrected chi connectivity index (χ0v) is 17.0. The lowest BCUT2D eigenvalue weighted by atomic mass is 10.1. The third-order valence-electron chi connectivity index (χ3n) is 4.11. The van der Waals surface area contributed by atoms with Gasteiger partial charge in [0.1, 0.15) is 5.75 Å². The van der Waals surface area contributed by atoms with E-state index < -0.39 is 0 Å². The number of aldehydes is 1. The van der Waals surface area contributed by atoms with Gasteiger partial charge in [0.05, 0.1) is 5.56 Å². The number of rotatable bonds is 7. The molecule has 3 rings (SSSR count). The first kappa shape index (κ1) is 20.8. The number of allylic oxidation sites excluding steroid dienone is 3. The number of carbonyl (C=O) groups is 2. The van der Waals surface area contributed by atoms with Gasteiger partial charge in [-0.15, -0.1) is 0 Å². The van der Waals surface area contributed by atoms with Crippen LogP contribution in [0.3, 0.4) is 0 Å². The average Bonchev–Trinajstić information content (AvgIpc) is 2.73. The first-order valence-electron chi connectivity index (χ1n) is 8.93. The van der Waals surface area contributed by atoms with E-state index in [1.165, 1.54) is 0 Å². The molecular formula is C23H18O4S2. The van der Waals surface area contributed by atoms with Gasteiger partial charge in [0.25, 0.3) is 0 Å². The number of thioether (sulfide) groups is 1. The number of hydrogen-bond acceptors (Lipinski definition) is 6. The Balaban J connectivity index is 1.57. The summed E-state index contributed by atoms with van der Waals surface area (Å²) in [6.07, 6.45) is 8.44. The molecule has 0 saturated heterocycles. The van der Waals surface area contributed by atoms with Crippen LogP contribution in [0.5, 0.6) is 5.75 Å². The predicted molar refractivity (Wildman–Crippen MR) is 120 cm³/mol. The number of benzene rings is 2. The first-order valence-corrected chi connectivity index (χ1v) is 10.6. The molecule has 0 atom stereocenters. The van der Waals surface area contributed by atoms with Crippen LogP contribution in [0.15, 0.2) is 76.4 Å². The van der Waals surface area contributed by atoms with E-state index in [0.29, 0.717) is 28.7 Å². The van der Waals surface area contributed by atoms with Gasteiger partial charge in [-0.1, -0.05) is 71.7 Å². The third-order valence-corrected chi connectivity index (χ3v) is 6.12. The van der Waals surface area contributed by atoms with Gasteiger partial charge in [-0.25, -0.2) is 0 Å². The molecule has 1 aromatic heterocycles. The molecule has 0 spiro atoms. The quantitative estimate of drug-likeness (QED) is 0.311. The van der Waals surface area contributed by atoms with E-state index in [1.54, 1.807) is 54.6 Å². The Hall–Kier alpha value is -2.96. The van der Waals surface area contributed by atoms with Crippen LogP contribution in [0.4, 0.5) is 0 Å². The summed E-state index contributed by atoms with van der Waals surface area (Å²) in [6, 6.07) is 14.2. The molecule has 0 aliphatic heterocycles. The lowest BCUT2D eigenvalue weighted by Gasteiger charge is -2.02. The molecule has 0 unspecified atom stereocenters. The molecule has 29 heavy (non-hydrogen) atoms. The van der Waals surface area contributed by atoms with Gasteiger partial charge in [0.15, 0.2) is 11.4 Å². The van der Waals surface area contributed by atoms with Gasteiger partial charge >= 0.3 is 0 Å². The second-order valence-corrected chi connectivity index (χ2v) is 8.22. The second kappa shape index (κ2) is 10.0. The molecule has 0 radical (unpaired) electrons. The van der Waals surface area contributed by atoms with Gasteiger partial charge in [0.2, 0.25) is 4.74 Å². The predicted octanol–water partition coefficient (Wildman–Crippen LogP) is 5.45. The Morgan fingerprint density at radius 1 is 1.07 bits per heavy atom. The van der Waals surface area contributed by atoms with Crippen LogP contribution in [0.2, 0.25) is 0 Å². The summed E-state index contributed by atoms with van der Waals surface area (Å²) in [6.45, 7) is 0. The highest BCUT2D eigenvalue weighted by atomic mass is 32.2. The standard InChI is InChI=1S/C23H18O4S2/c24-15-16-9-5-7-12-19(16)28-21(25)14-4-2-1-3-11-18-22(26)17-10-6-8-13-20(17)29-23(18)27/h1-3,5-13,15,26H,4,14H2. The summed E-state index contributed by atoms with van der Waals surface area (Å²) in [5.74, 6) is -0.0191. The average molecular weight is 423 g/mol. The molecule has 146 valence electrons. The van der Waals surface area contributed by atoms with Crippen molar-refractivity contribution in [2.75, 3.05) is 0 Å². The van der Waals surface area contributed by atoms with E-state index in [4.69, 9.17) is 0 Å². The minimum Gasteiger partial charge on any atom is -0.506 e. The van der Waals surface area contributed by atoms with Crippen LogP contribution in [-0.4, -0.2) is 16.5 Å². The molecule has 2 aromatic carbocycles. The second-order valence-electron chi connectivity index (χ2n) is 6.10. The summed E-state index contributed by atoms with van der Waals surface area (Å²) < 4.78 is 0.543. The maximum absolute atomic E-state index is 12.2. The first-order chi connectivity index (χ1) is 14.1. The van der Waals surface area contributed by atoms with Gasteiger partial charge in [0, 0.05) is 27.0 Å². The molecule has 0 aliphatic rings. The van der Waals surface area contributed by atoms with Crippen LogP contribution in [0.25, 0.3) is 16.2 Å². The van der Waals surface area contributed by atoms with Crippen molar-refractivity contribution in [3.05, 3.63) is 87.4 Å². The molecule has 1 heterocycles. The highest BCUT2D eigenvalue weighted by Crippen LogP contribution is 2.29. The highest BCUT2D eigenvalue weighted by molar-refractivity contribution is 8.13.